The number of nitrogens with zero attached hydrogens (tertiary/aromatic N) is 2. The Kier molecular flexibility index (Phi) is 10.3. The average molecular weight is 663 g/mol. The van der Waals surface area contributed by atoms with Gasteiger partial charge in [-0.2, -0.15) is 0 Å². The molecule has 1 saturated carbocycles. The van der Waals surface area contributed by atoms with Crippen LogP contribution in [0.1, 0.15) is 38.2 Å². The van der Waals surface area contributed by atoms with Crippen LogP contribution in [0.4, 0.5) is 5.69 Å². The van der Waals surface area contributed by atoms with Crippen LogP contribution in [-0.4, -0.2) is 50.9 Å². The molecule has 1 N–H and O–H groups in total. The van der Waals surface area contributed by atoms with Crippen LogP contribution < -0.4 is 14.4 Å². The lowest BCUT2D eigenvalue weighted by Gasteiger charge is -2.32. The fourth-order valence-corrected chi connectivity index (χ4v) is 6.99. The third-order valence-electron chi connectivity index (χ3n) is 7.14. The predicted molar refractivity (Wildman–Crippen MR) is 164 cm³/mol. The van der Waals surface area contributed by atoms with Gasteiger partial charge in [-0.05, 0) is 67.8 Å². The number of nitrogens with one attached hydrogen (secondary N) is 1. The number of methoxy groups -OCH3 is 1. The Balaban J connectivity index is 1.70. The number of carbonyl (C=O) groups excluding carboxylic acids is 2. The molecule has 218 valence electrons. The van der Waals surface area contributed by atoms with Crippen LogP contribution in [-0.2, 0) is 26.2 Å². The minimum atomic E-state index is -4.18. The molecule has 11 heteroatoms. The summed E-state index contributed by atoms with van der Waals surface area (Å²) in [5.41, 5.74) is 0.983. The monoisotopic (exact) mass is 661 g/mol. The van der Waals surface area contributed by atoms with Crippen LogP contribution in [0.3, 0.4) is 0 Å². The summed E-state index contributed by atoms with van der Waals surface area (Å²) >= 11 is 9.83. The minimum Gasteiger partial charge on any atom is -0.495 e. The largest absolute Gasteiger partial charge is 0.495 e. The van der Waals surface area contributed by atoms with Gasteiger partial charge >= 0.3 is 0 Å². The first-order valence-electron chi connectivity index (χ1n) is 13.4. The van der Waals surface area contributed by atoms with Gasteiger partial charge in [0.1, 0.15) is 18.3 Å². The van der Waals surface area contributed by atoms with Gasteiger partial charge in [0, 0.05) is 17.1 Å². The topological polar surface area (TPSA) is 96.0 Å². The molecule has 0 aliphatic heterocycles. The number of anilines is 1. The second-order valence-corrected chi connectivity index (χ2v) is 13.1. The quantitative estimate of drug-likeness (QED) is 0.281. The van der Waals surface area contributed by atoms with Crippen molar-refractivity contribution in [2.75, 3.05) is 18.0 Å². The lowest BCUT2D eigenvalue weighted by molar-refractivity contribution is -0.139. The van der Waals surface area contributed by atoms with Crippen molar-refractivity contribution in [1.82, 2.24) is 10.2 Å². The number of hydrogen-bond donors (Lipinski definition) is 1. The predicted octanol–water partition coefficient (Wildman–Crippen LogP) is 5.78. The summed E-state index contributed by atoms with van der Waals surface area (Å²) in [6, 6.07) is 19.1. The van der Waals surface area contributed by atoms with E-state index in [1.807, 2.05) is 24.3 Å². The number of halogens is 2. The molecule has 3 aromatic rings. The average Bonchev–Trinajstić information content (AvgIpc) is 3.47. The van der Waals surface area contributed by atoms with Crippen molar-refractivity contribution in [3.8, 4) is 5.75 Å². The molecule has 0 aromatic heterocycles. The maximum Gasteiger partial charge on any atom is 0.264 e. The van der Waals surface area contributed by atoms with Crippen molar-refractivity contribution >= 4 is 55.1 Å². The van der Waals surface area contributed by atoms with Crippen molar-refractivity contribution in [3.63, 3.8) is 0 Å². The van der Waals surface area contributed by atoms with Crippen LogP contribution in [0.25, 0.3) is 0 Å². The Bertz CT molecular complexity index is 1480. The first kappa shape index (κ1) is 30.9. The highest BCUT2D eigenvalue weighted by molar-refractivity contribution is 9.10. The molecule has 0 saturated heterocycles. The zero-order valence-electron chi connectivity index (χ0n) is 22.9. The normalized spacial score (nSPS) is 14.3. The van der Waals surface area contributed by atoms with Gasteiger partial charge in [-0.25, -0.2) is 8.42 Å². The van der Waals surface area contributed by atoms with E-state index in [-0.39, 0.29) is 34.1 Å². The molecule has 1 aliphatic rings. The van der Waals surface area contributed by atoms with Crippen LogP contribution >= 0.6 is 27.5 Å². The van der Waals surface area contributed by atoms with Crippen LogP contribution in [0, 0.1) is 0 Å². The molecule has 0 heterocycles. The maximum absolute atomic E-state index is 14.1. The fraction of sp³-hybridized carbons (Fsp3) is 0.333. The molecule has 3 aromatic carbocycles. The summed E-state index contributed by atoms with van der Waals surface area (Å²) in [7, 11) is -2.73. The van der Waals surface area contributed by atoms with Crippen molar-refractivity contribution in [2.24, 2.45) is 0 Å². The van der Waals surface area contributed by atoms with Crippen molar-refractivity contribution < 1.29 is 22.7 Å². The second-order valence-electron chi connectivity index (χ2n) is 9.96. The summed E-state index contributed by atoms with van der Waals surface area (Å²) in [5, 5.41) is 3.26. The Labute approximate surface area is 254 Å². The lowest BCUT2D eigenvalue weighted by Crippen LogP contribution is -2.52. The molecule has 4 rings (SSSR count). The third kappa shape index (κ3) is 7.61. The Hall–Kier alpha value is -3.08. The Morgan fingerprint density at radius 3 is 2.39 bits per heavy atom. The highest BCUT2D eigenvalue weighted by Gasteiger charge is 2.33. The summed E-state index contributed by atoms with van der Waals surface area (Å²) < 4.78 is 34.9. The zero-order chi connectivity index (χ0) is 29.6. The number of amides is 2. The van der Waals surface area contributed by atoms with Crippen molar-refractivity contribution in [2.45, 2.75) is 56.1 Å². The van der Waals surface area contributed by atoms with E-state index in [2.05, 4.69) is 21.2 Å². The molecule has 1 fully saturated rings. The standard InChI is InChI=1S/C30H33BrClN3O5S/c1-21(30(37)33-24-11-6-7-12-24)34(19-22-9-8-10-23(31)17-22)29(36)20-35(25-15-16-28(40-2)27(32)18-25)41(38,39)26-13-4-3-5-14-26/h3-5,8-10,13-18,21,24H,6-7,11-12,19-20H2,1-2H3,(H,33,37)/t21-/m1/s1. The van der Waals surface area contributed by atoms with Gasteiger partial charge in [-0.1, -0.05) is 70.7 Å². The van der Waals surface area contributed by atoms with E-state index < -0.39 is 28.5 Å². The molecule has 41 heavy (non-hydrogen) atoms. The summed E-state index contributed by atoms with van der Waals surface area (Å²) in [6.45, 7) is 1.23. The van der Waals surface area contributed by atoms with Gasteiger partial charge in [0.15, 0.2) is 0 Å². The first-order chi connectivity index (χ1) is 19.6. The van der Waals surface area contributed by atoms with E-state index >= 15 is 0 Å². The molecular formula is C30H33BrClN3O5S. The first-order valence-corrected chi connectivity index (χ1v) is 16.0. The Morgan fingerprint density at radius 1 is 1.05 bits per heavy atom. The summed E-state index contributed by atoms with van der Waals surface area (Å²) in [4.78, 5) is 28.8. The second kappa shape index (κ2) is 13.7. The van der Waals surface area contributed by atoms with E-state index in [4.69, 9.17) is 16.3 Å². The number of carbonyl (C=O) groups is 2. The molecule has 2 amide bonds. The highest BCUT2D eigenvalue weighted by atomic mass is 79.9. The molecule has 1 atom stereocenters. The van der Waals surface area contributed by atoms with Crippen LogP contribution in [0.15, 0.2) is 82.2 Å². The molecule has 0 spiro atoms. The van der Waals surface area contributed by atoms with E-state index in [0.29, 0.717) is 5.75 Å². The summed E-state index contributed by atoms with van der Waals surface area (Å²) in [5.74, 6) is -0.442. The fourth-order valence-electron chi connectivity index (χ4n) is 4.87. The molecule has 8 nitrogen and oxygen atoms in total. The van der Waals surface area contributed by atoms with E-state index in [9.17, 15) is 18.0 Å². The number of sulfonamides is 1. The SMILES string of the molecule is COc1ccc(N(CC(=O)N(Cc2cccc(Br)c2)[C@H](C)C(=O)NC2CCCC2)S(=O)(=O)c2ccccc2)cc1Cl. The van der Waals surface area contributed by atoms with Gasteiger partial charge in [0.25, 0.3) is 10.0 Å². The molecule has 0 radical (unpaired) electrons. The third-order valence-corrected chi connectivity index (χ3v) is 9.72. The molecule has 1 aliphatic carbocycles. The van der Waals surface area contributed by atoms with Crippen molar-refractivity contribution in [1.29, 1.82) is 0 Å². The van der Waals surface area contributed by atoms with Gasteiger partial charge < -0.3 is 15.0 Å². The number of ether oxygens (including phenoxy) is 1. The van der Waals surface area contributed by atoms with Gasteiger partial charge in [0.05, 0.1) is 22.7 Å². The van der Waals surface area contributed by atoms with Gasteiger partial charge in [0.2, 0.25) is 11.8 Å². The smallest absolute Gasteiger partial charge is 0.264 e. The minimum absolute atomic E-state index is 0.0188. The number of benzene rings is 3. The molecule has 0 unspecified atom stereocenters. The van der Waals surface area contributed by atoms with Crippen LogP contribution in [0.5, 0.6) is 5.75 Å². The van der Waals surface area contributed by atoms with Crippen molar-refractivity contribution in [3.05, 3.63) is 87.9 Å². The van der Waals surface area contributed by atoms with E-state index in [0.717, 1.165) is 40.0 Å². The zero-order valence-corrected chi connectivity index (χ0v) is 26.1. The lowest BCUT2D eigenvalue weighted by atomic mass is 10.1. The molecular weight excluding hydrogens is 630 g/mol. The summed E-state index contributed by atoms with van der Waals surface area (Å²) in [6.07, 6.45) is 3.91. The number of hydrogen-bond acceptors (Lipinski definition) is 5. The highest BCUT2D eigenvalue weighted by Crippen LogP contribution is 2.32. The maximum atomic E-state index is 14.1. The van der Waals surface area contributed by atoms with E-state index in [1.54, 1.807) is 31.2 Å². The van der Waals surface area contributed by atoms with Gasteiger partial charge in [-0.15, -0.1) is 0 Å². The Morgan fingerprint density at radius 2 is 1.76 bits per heavy atom. The van der Waals surface area contributed by atoms with Crippen LogP contribution in [0.2, 0.25) is 5.02 Å². The number of rotatable bonds is 11. The molecule has 0 bridgehead atoms. The van der Waals surface area contributed by atoms with Gasteiger partial charge in [-0.3, -0.25) is 13.9 Å². The van der Waals surface area contributed by atoms with E-state index in [1.165, 1.54) is 36.3 Å².